The number of primary sulfonamides is 1. The first-order valence-corrected chi connectivity index (χ1v) is 7.28. The van der Waals surface area contributed by atoms with Crippen LogP contribution in [-0.2, 0) is 14.8 Å². The highest BCUT2D eigenvalue weighted by Gasteiger charge is 2.18. The van der Waals surface area contributed by atoms with Gasteiger partial charge < -0.3 is 9.47 Å². The molecule has 0 saturated carbocycles. The summed E-state index contributed by atoms with van der Waals surface area (Å²) in [6.45, 7) is 5.19. The minimum absolute atomic E-state index is 0.107. The minimum Gasteiger partial charge on any atom is -0.495 e. The lowest BCUT2D eigenvalue weighted by atomic mass is 10.2. The van der Waals surface area contributed by atoms with Gasteiger partial charge in [0, 0.05) is 6.07 Å². The smallest absolute Gasteiger partial charge is 0.412 e. The van der Waals surface area contributed by atoms with E-state index in [1.807, 2.05) is 0 Å². The van der Waals surface area contributed by atoms with Crippen LogP contribution in [-0.4, -0.2) is 27.2 Å². The van der Waals surface area contributed by atoms with Crippen molar-refractivity contribution in [3.8, 4) is 5.75 Å². The summed E-state index contributed by atoms with van der Waals surface area (Å²) >= 11 is 0. The van der Waals surface area contributed by atoms with E-state index >= 15 is 0 Å². The summed E-state index contributed by atoms with van der Waals surface area (Å²) in [5, 5.41) is 7.49. The van der Waals surface area contributed by atoms with Crippen LogP contribution in [0.3, 0.4) is 0 Å². The first-order chi connectivity index (χ1) is 9.03. The number of carbonyl (C=O) groups is 1. The Hall–Kier alpha value is -1.80. The molecule has 8 heteroatoms. The summed E-state index contributed by atoms with van der Waals surface area (Å²) in [6, 6.07) is 3.87. The second-order valence-electron chi connectivity index (χ2n) is 5.03. The third-order valence-electron chi connectivity index (χ3n) is 2.14. The number of hydrogen-bond acceptors (Lipinski definition) is 5. The van der Waals surface area contributed by atoms with Crippen molar-refractivity contribution in [1.82, 2.24) is 0 Å². The summed E-state index contributed by atoms with van der Waals surface area (Å²) < 4.78 is 32.6. The maximum Gasteiger partial charge on any atom is 0.412 e. The number of nitrogens with two attached hydrogens (primary N) is 1. The topological polar surface area (TPSA) is 108 Å². The number of benzene rings is 1. The number of rotatable bonds is 3. The normalized spacial score (nSPS) is 11.8. The zero-order valence-corrected chi connectivity index (χ0v) is 12.6. The van der Waals surface area contributed by atoms with E-state index in [1.165, 1.54) is 25.3 Å². The molecule has 0 saturated heterocycles. The highest BCUT2D eigenvalue weighted by Crippen LogP contribution is 2.27. The van der Waals surface area contributed by atoms with Gasteiger partial charge in [0.25, 0.3) is 0 Å². The molecule has 112 valence electrons. The van der Waals surface area contributed by atoms with Crippen molar-refractivity contribution in [3.63, 3.8) is 0 Å². The second kappa shape index (κ2) is 5.68. The van der Waals surface area contributed by atoms with Gasteiger partial charge in [0.1, 0.15) is 11.4 Å². The van der Waals surface area contributed by atoms with Crippen LogP contribution in [0.5, 0.6) is 5.75 Å². The summed E-state index contributed by atoms with van der Waals surface area (Å²) in [4.78, 5) is 11.5. The van der Waals surface area contributed by atoms with Crippen LogP contribution in [0.25, 0.3) is 0 Å². The zero-order valence-electron chi connectivity index (χ0n) is 11.8. The average molecular weight is 302 g/mol. The molecule has 0 heterocycles. The molecule has 0 fully saturated rings. The van der Waals surface area contributed by atoms with E-state index in [9.17, 15) is 13.2 Å². The molecule has 1 aromatic rings. The van der Waals surface area contributed by atoms with Crippen LogP contribution < -0.4 is 15.2 Å². The van der Waals surface area contributed by atoms with Crippen LogP contribution in [0.2, 0.25) is 0 Å². The molecule has 0 spiro atoms. The van der Waals surface area contributed by atoms with Crippen molar-refractivity contribution >= 4 is 21.8 Å². The van der Waals surface area contributed by atoms with Gasteiger partial charge in [-0.2, -0.15) is 0 Å². The van der Waals surface area contributed by atoms with E-state index < -0.39 is 21.7 Å². The van der Waals surface area contributed by atoms with Gasteiger partial charge in [-0.1, -0.05) is 0 Å². The summed E-state index contributed by atoms with van der Waals surface area (Å²) in [7, 11) is -2.48. The quantitative estimate of drug-likeness (QED) is 0.883. The molecular weight excluding hydrogens is 284 g/mol. The molecule has 0 aliphatic heterocycles. The Labute approximate surface area is 118 Å². The number of methoxy groups -OCH3 is 1. The van der Waals surface area contributed by atoms with E-state index in [0.29, 0.717) is 0 Å². The van der Waals surface area contributed by atoms with Gasteiger partial charge >= 0.3 is 6.09 Å². The lowest BCUT2D eigenvalue weighted by Crippen LogP contribution is -2.27. The molecule has 20 heavy (non-hydrogen) atoms. The number of carbonyl (C=O) groups excluding carboxylic acids is 1. The van der Waals surface area contributed by atoms with E-state index in [2.05, 4.69) is 5.32 Å². The predicted octanol–water partition coefficient (Wildman–Crippen LogP) is 1.69. The van der Waals surface area contributed by atoms with Gasteiger partial charge in [-0.25, -0.2) is 18.4 Å². The SMILES string of the molecule is COc1cc(S(N)(=O)=O)ccc1NC(=O)OC(C)(C)C. The third kappa shape index (κ3) is 4.71. The lowest BCUT2D eigenvalue weighted by molar-refractivity contribution is 0.0635. The van der Waals surface area contributed by atoms with E-state index in [0.717, 1.165) is 0 Å². The van der Waals surface area contributed by atoms with Crippen molar-refractivity contribution in [2.75, 3.05) is 12.4 Å². The van der Waals surface area contributed by atoms with E-state index in [1.54, 1.807) is 20.8 Å². The fraction of sp³-hybridized carbons (Fsp3) is 0.417. The molecule has 0 aliphatic carbocycles. The number of sulfonamides is 1. The van der Waals surface area contributed by atoms with Crippen LogP contribution >= 0.6 is 0 Å². The molecule has 0 aliphatic rings. The first-order valence-electron chi connectivity index (χ1n) is 5.74. The summed E-state index contributed by atoms with van der Waals surface area (Å²) in [6.07, 6.45) is -0.667. The monoisotopic (exact) mass is 302 g/mol. The Kier molecular flexibility index (Phi) is 4.61. The Bertz CT molecular complexity index is 605. The molecule has 7 nitrogen and oxygen atoms in total. The largest absolute Gasteiger partial charge is 0.495 e. The zero-order chi connectivity index (χ0) is 15.6. The highest BCUT2D eigenvalue weighted by atomic mass is 32.2. The lowest BCUT2D eigenvalue weighted by Gasteiger charge is -2.20. The Morgan fingerprint density at radius 3 is 2.35 bits per heavy atom. The number of hydrogen-bond donors (Lipinski definition) is 2. The predicted molar refractivity (Wildman–Crippen MR) is 74.2 cm³/mol. The molecule has 1 rings (SSSR count). The van der Waals surface area contributed by atoms with Crippen molar-refractivity contribution in [1.29, 1.82) is 0 Å². The van der Waals surface area contributed by atoms with Gasteiger partial charge in [0.2, 0.25) is 10.0 Å². The fourth-order valence-electron chi connectivity index (χ4n) is 1.37. The summed E-state index contributed by atoms with van der Waals surface area (Å²) in [5.74, 6) is 0.169. The van der Waals surface area contributed by atoms with Crippen LogP contribution in [0.15, 0.2) is 23.1 Å². The molecule has 0 aromatic heterocycles. The minimum atomic E-state index is -3.83. The fourth-order valence-corrected chi connectivity index (χ4v) is 1.89. The van der Waals surface area contributed by atoms with E-state index in [4.69, 9.17) is 14.6 Å². The number of nitrogens with one attached hydrogen (secondary N) is 1. The number of anilines is 1. The molecule has 0 unspecified atom stereocenters. The Balaban J connectivity index is 3.00. The van der Waals surface area contributed by atoms with Crippen molar-refractivity contribution in [2.45, 2.75) is 31.3 Å². The molecule has 1 aromatic carbocycles. The molecule has 3 N–H and O–H groups in total. The average Bonchev–Trinajstić information content (AvgIpc) is 2.25. The molecule has 0 radical (unpaired) electrons. The standard InChI is InChI=1S/C12H18N2O5S/c1-12(2,3)19-11(15)14-9-6-5-8(20(13,16)17)7-10(9)18-4/h5-7H,1-4H3,(H,14,15)(H2,13,16,17). The summed E-state index contributed by atoms with van der Waals surface area (Å²) in [5.41, 5.74) is -0.355. The van der Waals surface area contributed by atoms with Crippen LogP contribution in [0.4, 0.5) is 10.5 Å². The molecule has 0 bridgehead atoms. The maximum atomic E-state index is 11.6. The molecule has 1 amide bonds. The van der Waals surface area contributed by atoms with Gasteiger partial charge in [-0.3, -0.25) is 5.32 Å². The molecular formula is C12H18N2O5S. The number of ether oxygens (including phenoxy) is 2. The Morgan fingerprint density at radius 2 is 1.90 bits per heavy atom. The number of amides is 1. The molecule has 0 atom stereocenters. The van der Waals surface area contributed by atoms with Crippen LogP contribution in [0.1, 0.15) is 20.8 Å². The Morgan fingerprint density at radius 1 is 1.30 bits per heavy atom. The van der Waals surface area contributed by atoms with Gasteiger partial charge in [-0.05, 0) is 32.9 Å². The van der Waals surface area contributed by atoms with E-state index in [-0.39, 0.29) is 16.3 Å². The third-order valence-corrected chi connectivity index (χ3v) is 3.05. The maximum absolute atomic E-state index is 11.6. The van der Waals surface area contributed by atoms with Crippen molar-refractivity contribution in [2.24, 2.45) is 5.14 Å². The van der Waals surface area contributed by atoms with Crippen LogP contribution in [0, 0.1) is 0 Å². The van der Waals surface area contributed by atoms with Gasteiger partial charge in [-0.15, -0.1) is 0 Å². The highest BCUT2D eigenvalue weighted by molar-refractivity contribution is 7.89. The van der Waals surface area contributed by atoms with Crippen molar-refractivity contribution in [3.05, 3.63) is 18.2 Å². The van der Waals surface area contributed by atoms with Gasteiger partial charge in [0.15, 0.2) is 0 Å². The second-order valence-corrected chi connectivity index (χ2v) is 6.60. The first kappa shape index (κ1) is 16.3. The van der Waals surface area contributed by atoms with Gasteiger partial charge in [0.05, 0.1) is 17.7 Å². The van der Waals surface area contributed by atoms with Crippen molar-refractivity contribution < 1.29 is 22.7 Å².